The molecule has 0 spiro atoms. The van der Waals surface area contributed by atoms with Crippen molar-refractivity contribution in [2.45, 2.75) is 198 Å². The minimum absolute atomic E-state index is 0.0225. The molecule has 8 rings (SSSR count). The van der Waals surface area contributed by atoms with Crippen molar-refractivity contribution in [1.82, 2.24) is 0 Å². The van der Waals surface area contributed by atoms with Gasteiger partial charge < -0.3 is 64.2 Å². The first-order valence-electron chi connectivity index (χ1n) is 20.8. The Balaban J connectivity index is 1.06. The van der Waals surface area contributed by atoms with Crippen LogP contribution in [0.15, 0.2) is 0 Å². The number of hydrogen-bond acceptors (Lipinski definition) is 13. The van der Waals surface area contributed by atoms with E-state index in [1.165, 1.54) is 0 Å². The van der Waals surface area contributed by atoms with Gasteiger partial charge in [-0.25, -0.2) is 0 Å². The summed E-state index contributed by atoms with van der Waals surface area (Å²) in [6.45, 7) is 17.3. The van der Waals surface area contributed by atoms with Crippen LogP contribution in [0.25, 0.3) is 0 Å². The average molecular weight is 769 g/mol. The third-order valence-electron chi connectivity index (χ3n) is 17.6. The number of fused-ring (bicyclic) bond motifs is 7. The molecule has 8 aliphatic rings. The molecule has 4 heterocycles. The van der Waals surface area contributed by atoms with Crippen molar-refractivity contribution in [1.29, 1.82) is 0 Å². The molecule has 0 amide bonds. The summed E-state index contributed by atoms with van der Waals surface area (Å²) in [7, 11) is 0. The van der Waals surface area contributed by atoms with E-state index in [9.17, 15) is 35.7 Å². The van der Waals surface area contributed by atoms with Gasteiger partial charge in [0, 0.05) is 6.42 Å². The third kappa shape index (κ3) is 5.50. The molecule has 4 aliphatic carbocycles. The normalized spacial score (nSPS) is 58.2. The summed E-state index contributed by atoms with van der Waals surface area (Å²) >= 11 is 0. The lowest BCUT2D eigenvalue weighted by Gasteiger charge is -2.71. The Hall–Kier alpha value is -0.520. The second kappa shape index (κ2) is 13.0. The van der Waals surface area contributed by atoms with E-state index in [2.05, 4.69) is 41.5 Å². The summed E-state index contributed by atoms with van der Waals surface area (Å²) < 4.78 is 38.6. The van der Waals surface area contributed by atoms with E-state index in [1.807, 2.05) is 13.8 Å². The molecule has 54 heavy (non-hydrogen) atoms. The smallest absolute Gasteiger partial charge is 0.197 e. The van der Waals surface area contributed by atoms with E-state index >= 15 is 0 Å². The van der Waals surface area contributed by atoms with Crippen LogP contribution in [0.2, 0.25) is 0 Å². The van der Waals surface area contributed by atoms with Gasteiger partial charge in [0.1, 0.15) is 48.3 Å². The van der Waals surface area contributed by atoms with Crippen molar-refractivity contribution in [3.05, 3.63) is 0 Å². The van der Waals surface area contributed by atoms with Gasteiger partial charge in [0.2, 0.25) is 0 Å². The fourth-order valence-electron chi connectivity index (χ4n) is 14.3. The minimum atomic E-state index is -1.69. The van der Waals surface area contributed by atoms with Gasteiger partial charge in [0.15, 0.2) is 18.4 Å². The van der Waals surface area contributed by atoms with E-state index in [0.717, 1.165) is 51.4 Å². The largest absolute Gasteiger partial charge is 0.394 e. The summed E-state index contributed by atoms with van der Waals surface area (Å²) in [4.78, 5) is 0. The van der Waals surface area contributed by atoms with Gasteiger partial charge in [-0.2, -0.15) is 0 Å². The zero-order chi connectivity index (χ0) is 39.2. The third-order valence-corrected chi connectivity index (χ3v) is 17.6. The van der Waals surface area contributed by atoms with Crippen LogP contribution in [0, 0.1) is 45.3 Å². The Morgan fingerprint density at radius 3 is 2.13 bits per heavy atom. The zero-order valence-corrected chi connectivity index (χ0v) is 33.5. The van der Waals surface area contributed by atoms with Gasteiger partial charge in [0.25, 0.3) is 0 Å². The van der Waals surface area contributed by atoms with Gasteiger partial charge in [-0.3, -0.25) is 0 Å². The minimum Gasteiger partial charge on any atom is -0.394 e. The molecule has 0 aromatic rings. The van der Waals surface area contributed by atoms with Crippen LogP contribution in [0.5, 0.6) is 0 Å². The van der Waals surface area contributed by atoms with Crippen LogP contribution in [-0.2, 0) is 28.4 Å². The van der Waals surface area contributed by atoms with Crippen LogP contribution >= 0.6 is 0 Å². The second-order valence-electron chi connectivity index (χ2n) is 20.8. The van der Waals surface area contributed by atoms with Gasteiger partial charge >= 0.3 is 0 Å². The first kappa shape index (κ1) is 40.3. The maximum Gasteiger partial charge on any atom is 0.197 e. The van der Waals surface area contributed by atoms with Crippen LogP contribution in [0.4, 0.5) is 0 Å². The molecular formula is C41H68O13. The molecule has 4 saturated heterocycles. The molecule has 13 heteroatoms. The number of hydrogen-bond donors (Lipinski definition) is 7. The molecule has 4 aliphatic heterocycles. The monoisotopic (exact) mass is 768 g/mol. The number of ether oxygens (including phenoxy) is 6. The van der Waals surface area contributed by atoms with E-state index < -0.39 is 73.3 Å². The molecule has 2 bridgehead atoms. The Morgan fingerprint density at radius 1 is 0.741 bits per heavy atom. The lowest BCUT2D eigenvalue weighted by atomic mass is 9.35. The summed E-state index contributed by atoms with van der Waals surface area (Å²) in [6.07, 6.45) is -4.65. The van der Waals surface area contributed by atoms with E-state index in [4.69, 9.17) is 28.4 Å². The predicted molar refractivity (Wildman–Crippen MR) is 192 cm³/mol. The molecule has 13 nitrogen and oxygen atoms in total. The summed E-state index contributed by atoms with van der Waals surface area (Å²) in [5.41, 5.74) is -1.72. The quantitative estimate of drug-likeness (QED) is 0.195. The van der Waals surface area contributed by atoms with Crippen molar-refractivity contribution in [3.8, 4) is 0 Å². The molecule has 0 aromatic heterocycles. The highest BCUT2D eigenvalue weighted by Gasteiger charge is 2.75. The van der Waals surface area contributed by atoms with Crippen molar-refractivity contribution in [2.24, 2.45) is 45.3 Å². The highest BCUT2D eigenvalue weighted by atomic mass is 16.8. The van der Waals surface area contributed by atoms with Crippen LogP contribution in [0.1, 0.15) is 113 Å². The average Bonchev–Trinajstić information content (AvgIpc) is 3.62. The van der Waals surface area contributed by atoms with Crippen molar-refractivity contribution in [3.63, 3.8) is 0 Å². The first-order valence-corrected chi connectivity index (χ1v) is 20.8. The van der Waals surface area contributed by atoms with Gasteiger partial charge in [-0.05, 0) is 117 Å². The molecule has 4 saturated carbocycles. The van der Waals surface area contributed by atoms with E-state index in [0.29, 0.717) is 24.2 Å². The molecule has 20 atom stereocenters. The zero-order valence-electron chi connectivity index (χ0n) is 33.5. The Morgan fingerprint density at radius 2 is 1.44 bits per heavy atom. The Bertz CT molecular complexity index is 1420. The molecular weight excluding hydrogens is 700 g/mol. The van der Waals surface area contributed by atoms with Gasteiger partial charge in [-0.15, -0.1) is 0 Å². The number of rotatable bonds is 6. The molecule has 3 unspecified atom stereocenters. The fraction of sp³-hybridized carbons (Fsp3) is 1.00. The maximum absolute atomic E-state index is 11.6. The van der Waals surface area contributed by atoms with Gasteiger partial charge in [-0.1, -0.05) is 34.6 Å². The van der Waals surface area contributed by atoms with Crippen molar-refractivity contribution < 1.29 is 64.2 Å². The second-order valence-corrected chi connectivity index (χ2v) is 20.8. The SMILES string of the molecule is CC1(C)C2CC[C@]3(C)[C@H](CC4O[C@@]5(C(C)(C)O)CC[C@@](C)(O5)[C@H]5CC[C@]3(C)C45)[C@@]2(C)CC[C@@H]1O[C@@H]1OC[C@@H](O)[C@H](O)[C@H]1O[C@@H]1O[C@H](CO)[C@@H](O)[C@H](O)[C@H]1O. The van der Waals surface area contributed by atoms with Crippen LogP contribution in [0.3, 0.4) is 0 Å². The van der Waals surface area contributed by atoms with Crippen molar-refractivity contribution >= 4 is 0 Å². The topological polar surface area (TPSA) is 197 Å². The molecule has 0 radical (unpaired) electrons. The van der Waals surface area contributed by atoms with Crippen LogP contribution in [-0.4, -0.2) is 133 Å². The number of aliphatic hydroxyl groups is 7. The lowest BCUT2D eigenvalue weighted by molar-refractivity contribution is -0.368. The van der Waals surface area contributed by atoms with E-state index in [1.54, 1.807) is 0 Å². The van der Waals surface area contributed by atoms with E-state index in [-0.39, 0.29) is 52.0 Å². The molecule has 7 N–H and O–H groups in total. The number of aliphatic hydroxyl groups excluding tert-OH is 6. The Kier molecular flexibility index (Phi) is 9.69. The first-order chi connectivity index (χ1) is 25.1. The standard InChI is InChI=1S/C41H68O13/c1-35(2)24-10-14-38(6)25(17-22-27-20(9-13-39(27,38)7)40(8)15-16-41(53-22,54-40)36(3,4)48)37(24,5)12-11-26(35)51-34-32(28(44)21(43)19-49-34)52-33-31(47)30(46)29(45)23(18-42)50-33/h20-34,42-48H,9-19H2,1-8H3/t20-,21+,22?,23+,24?,25+,26-,27?,28-,29+,30-,31+,32+,33-,34-,37-,38+,39+,40+,41-/m0/s1. The lowest BCUT2D eigenvalue weighted by Crippen LogP contribution is -2.68. The predicted octanol–water partition coefficient (Wildman–Crippen LogP) is 2.36. The summed E-state index contributed by atoms with van der Waals surface area (Å²) in [5.74, 6) is 0.347. The highest BCUT2D eigenvalue weighted by Crippen LogP contribution is 2.78. The summed E-state index contributed by atoms with van der Waals surface area (Å²) in [6, 6.07) is 0. The highest BCUT2D eigenvalue weighted by molar-refractivity contribution is 5.22. The Labute approximate surface area is 320 Å². The fourth-order valence-corrected chi connectivity index (χ4v) is 14.3. The molecule has 310 valence electrons. The van der Waals surface area contributed by atoms with Crippen LogP contribution < -0.4 is 0 Å². The van der Waals surface area contributed by atoms with Gasteiger partial charge in [0.05, 0.1) is 31.0 Å². The summed E-state index contributed by atoms with van der Waals surface area (Å²) in [5, 5.41) is 74.4. The maximum atomic E-state index is 11.6. The molecule has 8 fully saturated rings. The molecule has 0 aromatic carbocycles. The van der Waals surface area contributed by atoms with Crippen molar-refractivity contribution in [2.75, 3.05) is 13.2 Å².